The zero-order valence-electron chi connectivity index (χ0n) is 10.5. The molecule has 1 aromatic rings. The normalized spacial score (nSPS) is 32.4. The first-order valence-electron chi connectivity index (χ1n) is 5.81. The fourth-order valence-corrected chi connectivity index (χ4v) is 2.18. The first-order chi connectivity index (χ1) is 8.95. The number of hydrogen-bond acceptors (Lipinski definition) is 6. The maximum absolute atomic E-state index is 11.7. The van der Waals surface area contributed by atoms with Crippen molar-refractivity contribution in [1.82, 2.24) is 9.55 Å². The molecule has 1 aliphatic rings. The highest BCUT2D eigenvalue weighted by Gasteiger charge is 2.47. The van der Waals surface area contributed by atoms with Gasteiger partial charge in [-0.2, -0.15) is 0 Å². The van der Waals surface area contributed by atoms with Gasteiger partial charge >= 0.3 is 5.69 Å². The predicted molar refractivity (Wildman–Crippen MR) is 63.7 cm³/mol. The lowest BCUT2D eigenvalue weighted by molar-refractivity contribution is -0.0826. The molecule has 0 aromatic carbocycles. The van der Waals surface area contributed by atoms with Crippen LogP contribution in [0.25, 0.3) is 0 Å². The van der Waals surface area contributed by atoms with Gasteiger partial charge in [-0.15, -0.1) is 0 Å². The van der Waals surface area contributed by atoms with E-state index in [1.807, 2.05) is 0 Å². The summed E-state index contributed by atoms with van der Waals surface area (Å²) < 4.78 is 11.7. The van der Waals surface area contributed by atoms with E-state index in [-0.39, 0.29) is 0 Å². The minimum Gasteiger partial charge on any atom is -0.391 e. The van der Waals surface area contributed by atoms with Crippen LogP contribution in [0.15, 0.2) is 21.9 Å². The van der Waals surface area contributed by atoms with Gasteiger partial charge in [0.15, 0.2) is 6.23 Å². The number of nitrogens with zero attached hydrogens (tertiary/aromatic N) is 1. The molecule has 0 aliphatic carbocycles. The molecule has 4 unspecified atom stereocenters. The third-order valence-electron chi connectivity index (χ3n) is 3.12. The lowest BCUT2D eigenvalue weighted by Gasteiger charge is -2.19. The summed E-state index contributed by atoms with van der Waals surface area (Å²) in [7, 11) is 1.37. The van der Waals surface area contributed by atoms with E-state index in [4.69, 9.17) is 9.47 Å². The Hall–Kier alpha value is -1.48. The van der Waals surface area contributed by atoms with Crippen LogP contribution in [0.1, 0.15) is 13.2 Å². The standard InChI is InChI=1S/C11H16N2O6/c1-5(14)8-7(16)9(18-2)10(19-8)13-4-3-6(15)12-11(13)17/h3-5,7-10,14,16H,1-2H3,(H,12,15,17)/t5-,7?,8?,9?,10?/m1/s1. The average Bonchev–Trinajstić information content (AvgIpc) is 2.66. The summed E-state index contributed by atoms with van der Waals surface area (Å²) in [4.78, 5) is 24.8. The van der Waals surface area contributed by atoms with E-state index in [0.717, 1.165) is 4.57 Å². The van der Waals surface area contributed by atoms with Crippen molar-refractivity contribution in [2.24, 2.45) is 0 Å². The summed E-state index contributed by atoms with van der Waals surface area (Å²) in [6.07, 6.45) is -3.33. The van der Waals surface area contributed by atoms with Crippen molar-refractivity contribution in [2.45, 2.75) is 37.6 Å². The number of aromatic amines is 1. The van der Waals surface area contributed by atoms with Crippen LogP contribution in [-0.4, -0.2) is 51.3 Å². The number of rotatable bonds is 3. The Bertz CT molecular complexity index is 551. The van der Waals surface area contributed by atoms with Crippen molar-refractivity contribution in [3.8, 4) is 0 Å². The lowest BCUT2D eigenvalue weighted by Crippen LogP contribution is -2.39. The molecule has 106 valence electrons. The van der Waals surface area contributed by atoms with Crippen molar-refractivity contribution in [1.29, 1.82) is 0 Å². The topological polar surface area (TPSA) is 114 Å². The van der Waals surface area contributed by atoms with Gasteiger partial charge in [0.05, 0.1) is 6.10 Å². The number of H-pyrrole nitrogens is 1. The highest BCUT2D eigenvalue weighted by molar-refractivity contribution is 4.95. The Balaban J connectivity index is 2.38. The Kier molecular flexibility index (Phi) is 3.85. The van der Waals surface area contributed by atoms with Crippen LogP contribution in [0.3, 0.4) is 0 Å². The smallest absolute Gasteiger partial charge is 0.330 e. The molecule has 2 rings (SSSR count). The number of hydrogen-bond donors (Lipinski definition) is 3. The molecule has 1 aromatic heterocycles. The molecule has 19 heavy (non-hydrogen) atoms. The Labute approximate surface area is 108 Å². The molecule has 3 N–H and O–H groups in total. The average molecular weight is 272 g/mol. The number of nitrogens with one attached hydrogen (secondary N) is 1. The maximum atomic E-state index is 11.7. The number of aromatic nitrogens is 2. The van der Waals surface area contributed by atoms with Crippen LogP contribution >= 0.6 is 0 Å². The van der Waals surface area contributed by atoms with Crippen molar-refractivity contribution >= 4 is 0 Å². The monoisotopic (exact) mass is 272 g/mol. The van der Waals surface area contributed by atoms with E-state index in [9.17, 15) is 19.8 Å². The molecule has 0 radical (unpaired) electrons. The summed E-state index contributed by atoms with van der Waals surface area (Å²) in [6.45, 7) is 1.47. The quantitative estimate of drug-likeness (QED) is 0.597. The number of aliphatic hydroxyl groups is 2. The van der Waals surface area contributed by atoms with Gasteiger partial charge in [0.25, 0.3) is 5.56 Å². The van der Waals surface area contributed by atoms with Gasteiger partial charge in [0, 0.05) is 19.4 Å². The van der Waals surface area contributed by atoms with Crippen LogP contribution in [0.2, 0.25) is 0 Å². The molecule has 5 atom stereocenters. The highest BCUT2D eigenvalue weighted by Crippen LogP contribution is 2.31. The molecule has 0 amide bonds. The van der Waals surface area contributed by atoms with Gasteiger partial charge in [-0.05, 0) is 6.92 Å². The Morgan fingerprint density at radius 3 is 2.74 bits per heavy atom. The minimum atomic E-state index is -1.08. The molecule has 8 heteroatoms. The highest BCUT2D eigenvalue weighted by atomic mass is 16.6. The summed E-state index contributed by atoms with van der Waals surface area (Å²) >= 11 is 0. The molecule has 0 bridgehead atoms. The molecular formula is C11H16N2O6. The zero-order chi connectivity index (χ0) is 14.2. The molecular weight excluding hydrogens is 256 g/mol. The lowest BCUT2D eigenvalue weighted by atomic mass is 10.1. The summed E-state index contributed by atoms with van der Waals surface area (Å²) in [5.74, 6) is 0. The zero-order valence-corrected chi connectivity index (χ0v) is 10.5. The Morgan fingerprint density at radius 2 is 2.21 bits per heavy atom. The molecule has 1 aliphatic heterocycles. The largest absolute Gasteiger partial charge is 0.391 e. The second-order valence-electron chi connectivity index (χ2n) is 4.44. The molecule has 0 saturated carbocycles. The van der Waals surface area contributed by atoms with Gasteiger partial charge < -0.3 is 19.7 Å². The van der Waals surface area contributed by atoms with Crippen molar-refractivity contribution in [3.05, 3.63) is 33.1 Å². The fraction of sp³-hybridized carbons (Fsp3) is 0.636. The third kappa shape index (κ3) is 2.47. The SMILES string of the molecule is COC1C(O)C([C@@H](C)O)OC1n1ccc(=O)[nH]c1=O. The summed E-state index contributed by atoms with van der Waals surface area (Å²) in [5, 5.41) is 19.5. The van der Waals surface area contributed by atoms with Gasteiger partial charge in [-0.3, -0.25) is 14.3 Å². The fourth-order valence-electron chi connectivity index (χ4n) is 2.18. The van der Waals surface area contributed by atoms with Crippen LogP contribution in [0, 0.1) is 0 Å². The van der Waals surface area contributed by atoms with Crippen LogP contribution in [0.5, 0.6) is 0 Å². The summed E-state index contributed by atoms with van der Waals surface area (Å²) in [6, 6.07) is 1.17. The first kappa shape index (κ1) is 13.9. The second kappa shape index (κ2) is 5.25. The van der Waals surface area contributed by atoms with Crippen molar-refractivity contribution in [3.63, 3.8) is 0 Å². The van der Waals surface area contributed by atoms with E-state index in [1.165, 1.54) is 26.3 Å². The molecule has 1 saturated heterocycles. The van der Waals surface area contributed by atoms with Gasteiger partial charge in [0.2, 0.25) is 0 Å². The predicted octanol–water partition coefficient (Wildman–Crippen LogP) is -1.81. The molecule has 0 spiro atoms. The van der Waals surface area contributed by atoms with Gasteiger partial charge in [0.1, 0.15) is 18.3 Å². The van der Waals surface area contributed by atoms with E-state index in [2.05, 4.69) is 4.98 Å². The van der Waals surface area contributed by atoms with E-state index >= 15 is 0 Å². The van der Waals surface area contributed by atoms with Gasteiger partial charge in [-0.1, -0.05) is 0 Å². The number of methoxy groups -OCH3 is 1. The number of ether oxygens (including phenoxy) is 2. The van der Waals surface area contributed by atoms with Crippen LogP contribution in [-0.2, 0) is 9.47 Å². The van der Waals surface area contributed by atoms with E-state index in [0.29, 0.717) is 0 Å². The molecule has 8 nitrogen and oxygen atoms in total. The Morgan fingerprint density at radius 1 is 1.53 bits per heavy atom. The minimum absolute atomic E-state index is 0.527. The molecule has 2 heterocycles. The second-order valence-corrected chi connectivity index (χ2v) is 4.44. The number of aliphatic hydroxyl groups excluding tert-OH is 2. The van der Waals surface area contributed by atoms with Crippen molar-refractivity contribution < 1.29 is 19.7 Å². The maximum Gasteiger partial charge on any atom is 0.330 e. The first-order valence-corrected chi connectivity index (χ1v) is 5.81. The van der Waals surface area contributed by atoms with Crippen LogP contribution in [0.4, 0.5) is 0 Å². The third-order valence-corrected chi connectivity index (χ3v) is 3.12. The van der Waals surface area contributed by atoms with Crippen LogP contribution < -0.4 is 11.2 Å². The summed E-state index contributed by atoms with van der Waals surface area (Å²) in [5.41, 5.74) is -1.20. The van der Waals surface area contributed by atoms with E-state index < -0.39 is 41.9 Å². The van der Waals surface area contributed by atoms with Gasteiger partial charge in [-0.25, -0.2) is 4.79 Å². The van der Waals surface area contributed by atoms with Crippen molar-refractivity contribution in [2.75, 3.05) is 7.11 Å². The molecule has 1 fully saturated rings. The van der Waals surface area contributed by atoms with E-state index in [1.54, 1.807) is 0 Å².